The highest BCUT2D eigenvalue weighted by atomic mass is 35.5. The summed E-state index contributed by atoms with van der Waals surface area (Å²) in [5, 5.41) is 20.3. The van der Waals surface area contributed by atoms with Gasteiger partial charge in [-0.2, -0.15) is 4.98 Å². The van der Waals surface area contributed by atoms with E-state index in [1.54, 1.807) is 9.80 Å². The van der Waals surface area contributed by atoms with Gasteiger partial charge in [0.05, 0.1) is 16.7 Å². The molecule has 5 rings (SSSR count). The molecule has 2 aliphatic heterocycles. The molecule has 3 heterocycles. The van der Waals surface area contributed by atoms with Gasteiger partial charge in [-0.05, 0) is 31.2 Å². The SMILES string of the molecule is C=CC(=O)N1CCN(c2nc(N3CC(O)C3)nc3c(F)c(-c4c(O)cccc4F)c(Cl)cc23)[C@@H](C)C1. The predicted octanol–water partition coefficient (Wildman–Crippen LogP) is 3.34. The van der Waals surface area contributed by atoms with Crippen molar-refractivity contribution in [3.05, 3.63) is 53.6 Å². The third kappa shape index (κ3) is 4.00. The zero-order valence-electron chi connectivity index (χ0n) is 19.5. The Balaban J connectivity index is 1.69. The quantitative estimate of drug-likeness (QED) is 0.515. The zero-order valence-corrected chi connectivity index (χ0v) is 20.2. The van der Waals surface area contributed by atoms with Gasteiger partial charge < -0.3 is 24.9 Å². The lowest BCUT2D eigenvalue weighted by molar-refractivity contribution is -0.126. The Morgan fingerprint density at radius 2 is 1.94 bits per heavy atom. The number of hydrogen-bond acceptors (Lipinski definition) is 7. The average Bonchev–Trinajstić information content (AvgIpc) is 2.83. The summed E-state index contributed by atoms with van der Waals surface area (Å²) < 4.78 is 30.7. The zero-order chi connectivity index (χ0) is 25.7. The third-order valence-corrected chi connectivity index (χ3v) is 6.92. The van der Waals surface area contributed by atoms with E-state index in [1.165, 1.54) is 24.3 Å². The first kappa shape index (κ1) is 24.2. The molecule has 2 N–H and O–H groups in total. The van der Waals surface area contributed by atoms with Crippen molar-refractivity contribution in [1.82, 2.24) is 14.9 Å². The molecule has 8 nitrogen and oxygen atoms in total. The minimum Gasteiger partial charge on any atom is -0.507 e. The van der Waals surface area contributed by atoms with Gasteiger partial charge in [0.1, 0.15) is 22.9 Å². The molecule has 1 aromatic heterocycles. The first-order valence-electron chi connectivity index (χ1n) is 11.5. The van der Waals surface area contributed by atoms with Gasteiger partial charge in [0, 0.05) is 49.7 Å². The fourth-order valence-electron chi connectivity index (χ4n) is 4.74. The van der Waals surface area contributed by atoms with Crippen LogP contribution in [0.1, 0.15) is 6.92 Å². The molecule has 1 amide bonds. The van der Waals surface area contributed by atoms with Crippen LogP contribution in [0.2, 0.25) is 5.02 Å². The van der Waals surface area contributed by atoms with E-state index in [-0.39, 0.29) is 52.7 Å². The number of anilines is 2. The van der Waals surface area contributed by atoms with Crippen molar-refractivity contribution < 1.29 is 23.8 Å². The fourth-order valence-corrected chi connectivity index (χ4v) is 5.02. The molecular formula is C25H24ClF2N5O3. The molecular weight excluding hydrogens is 492 g/mol. The summed E-state index contributed by atoms with van der Waals surface area (Å²) >= 11 is 6.48. The summed E-state index contributed by atoms with van der Waals surface area (Å²) in [6, 6.07) is 4.97. The Kier molecular flexibility index (Phi) is 6.17. The molecule has 2 aromatic carbocycles. The van der Waals surface area contributed by atoms with Crippen LogP contribution in [0.5, 0.6) is 5.75 Å². The van der Waals surface area contributed by atoms with E-state index in [1.807, 2.05) is 11.8 Å². The lowest BCUT2D eigenvalue weighted by Crippen LogP contribution is -2.54. The number of benzene rings is 2. The number of halogens is 3. The Bertz CT molecular complexity index is 1360. The maximum Gasteiger partial charge on any atom is 0.246 e. The number of piperazine rings is 1. The number of carbonyl (C=O) groups excluding carboxylic acids is 1. The van der Waals surface area contributed by atoms with Crippen molar-refractivity contribution in [3.63, 3.8) is 0 Å². The van der Waals surface area contributed by atoms with Crippen molar-refractivity contribution in [1.29, 1.82) is 0 Å². The number of aromatic hydroxyl groups is 1. The summed E-state index contributed by atoms with van der Waals surface area (Å²) in [6.07, 6.45) is 0.728. The average molecular weight is 516 g/mol. The molecule has 36 heavy (non-hydrogen) atoms. The van der Waals surface area contributed by atoms with Crippen LogP contribution < -0.4 is 9.80 Å². The maximum atomic E-state index is 16.1. The van der Waals surface area contributed by atoms with Crippen LogP contribution in [-0.4, -0.2) is 75.9 Å². The highest BCUT2D eigenvalue weighted by molar-refractivity contribution is 6.34. The van der Waals surface area contributed by atoms with Crippen molar-refractivity contribution in [2.45, 2.75) is 19.1 Å². The molecule has 0 bridgehead atoms. The number of aliphatic hydroxyl groups is 1. The molecule has 2 aliphatic rings. The summed E-state index contributed by atoms with van der Waals surface area (Å²) in [6.45, 7) is 7.29. The van der Waals surface area contributed by atoms with E-state index in [2.05, 4.69) is 11.6 Å². The lowest BCUT2D eigenvalue weighted by Gasteiger charge is -2.41. The second kappa shape index (κ2) is 9.18. The van der Waals surface area contributed by atoms with Crippen LogP contribution in [0.3, 0.4) is 0 Å². The molecule has 2 saturated heterocycles. The van der Waals surface area contributed by atoms with Crippen LogP contribution in [0.25, 0.3) is 22.0 Å². The van der Waals surface area contributed by atoms with Gasteiger partial charge >= 0.3 is 0 Å². The minimum atomic E-state index is -0.892. The van der Waals surface area contributed by atoms with E-state index >= 15 is 4.39 Å². The second-order valence-electron chi connectivity index (χ2n) is 9.01. The van der Waals surface area contributed by atoms with Crippen molar-refractivity contribution in [2.75, 3.05) is 42.5 Å². The minimum absolute atomic E-state index is 0.0877. The normalized spacial score (nSPS) is 18.5. The van der Waals surface area contributed by atoms with Crippen LogP contribution in [0, 0.1) is 11.6 Å². The molecule has 0 radical (unpaired) electrons. The van der Waals surface area contributed by atoms with Gasteiger partial charge in [-0.15, -0.1) is 0 Å². The van der Waals surface area contributed by atoms with Crippen LogP contribution >= 0.6 is 11.6 Å². The standard InChI is InChI=1S/C25H24ClF2N5O3/c1-3-19(36)31-7-8-33(13(2)10-31)24-15-9-16(26)20(21-17(27)5-4-6-18(21)35)22(28)23(15)29-25(30-24)32-11-14(34)12-32/h3-6,9,13-14,34-35H,1,7-8,10-12H2,2H3/t13-/m0/s1. The number of hydrogen-bond donors (Lipinski definition) is 2. The predicted molar refractivity (Wildman–Crippen MR) is 133 cm³/mol. The number of rotatable bonds is 4. The number of phenols is 1. The number of aromatic nitrogens is 2. The van der Waals surface area contributed by atoms with Gasteiger partial charge in [-0.25, -0.2) is 13.8 Å². The molecule has 188 valence electrons. The highest BCUT2D eigenvalue weighted by Crippen LogP contribution is 2.43. The lowest BCUT2D eigenvalue weighted by atomic mass is 10.0. The van der Waals surface area contributed by atoms with Gasteiger partial charge in [-0.1, -0.05) is 24.2 Å². The van der Waals surface area contributed by atoms with Gasteiger partial charge in [0.2, 0.25) is 11.9 Å². The van der Waals surface area contributed by atoms with Gasteiger partial charge in [0.15, 0.2) is 5.82 Å². The molecule has 0 saturated carbocycles. The Morgan fingerprint density at radius 3 is 2.58 bits per heavy atom. The number of nitrogens with zero attached hydrogens (tertiary/aromatic N) is 5. The molecule has 0 spiro atoms. The van der Waals surface area contributed by atoms with E-state index in [0.29, 0.717) is 30.8 Å². The molecule has 2 fully saturated rings. The summed E-state index contributed by atoms with van der Waals surface area (Å²) in [7, 11) is 0. The number of aliphatic hydroxyl groups excluding tert-OH is 1. The van der Waals surface area contributed by atoms with Crippen molar-refractivity contribution in [3.8, 4) is 16.9 Å². The Labute approximate surface area is 211 Å². The second-order valence-corrected chi connectivity index (χ2v) is 9.42. The fraction of sp³-hybridized carbons (Fsp3) is 0.320. The van der Waals surface area contributed by atoms with Crippen LogP contribution in [-0.2, 0) is 4.79 Å². The Morgan fingerprint density at radius 1 is 1.19 bits per heavy atom. The molecule has 3 aromatic rings. The highest BCUT2D eigenvalue weighted by Gasteiger charge is 2.33. The first-order chi connectivity index (χ1) is 17.2. The summed E-state index contributed by atoms with van der Waals surface area (Å²) in [4.78, 5) is 26.6. The smallest absolute Gasteiger partial charge is 0.246 e. The topological polar surface area (TPSA) is 93.0 Å². The number of fused-ring (bicyclic) bond motifs is 1. The molecule has 1 atom stereocenters. The first-order valence-corrected chi connectivity index (χ1v) is 11.9. The summed E-state index contributed by atoms with van der Waals surface area (Å²) in [5.41, 5.74) is -0.739. The van der Waals surface area contributed by atoms with E-state index in [0.717, 1.165) is 6.07 Å². The van der Waals surface area contributed by atoms with Gasteiger partial charge in [-0.3, -0.25) is 4.79 Å². The number of β-amino-alcohol motifs (C(OH)–C–C–N with tert-alkyl or cyclic N) is 1. The largest absolute Gasteiger partial charge is 0.507 e. The van der Waals surface area contributed by atoms with Crippen molar-refractivity contribution in [2.24, 2.45) is 0 Å². The van der Waals surface area contributed by atoms with E-state index in [9.17, 15) is 19.4 Å². The number of carbonyl (C=O) groups is 1. The number of phenolic OH excluding ortho intramolecular Hbond substituents is 1. The monoisotopic (exact) mass is 515 g/mol. The molecule has 0 unspecified atom stereocenters. The van der Waals surface area contributed by atoms with Crippen molar-refractivity contribution >= 4 is 40.2 Å². The van der Waals surface area contributed by atoms with Crippen LogP contribution in [0.15, 0.2) is 36.9 Å². The summed E-state index contributed by atoms with van der Waals surface area (Å²) in [5.74, 6) is -1.71. The van der Waals surface area contributed by atoms with E-state index in [4.69, 9.17) is 16.6 Å². The molecule has 0 aliphatic carbocycles. The third-order valence-electron chi connectivity index (χ3n) is 6.62. The van der Waals surface area contributed by atoms with E-state index < -0.39 is 23.5 Å². The number of amides is 1. The molecule has 11 heteroatoms. The maximum absolute atomic E-state index is 16.1. The Hall–Kier alpha value is -3.50. The van der Waals surface area contributed by atoms with Crippen LogP contribution in [0.4, 0.5) is 20.5 Å². The van der Waals surface area contributed by atoms with Gasteiger partial charge in [0.25, 0.3) is 0 Å².